The second kappa shape index (κ2) is 28.2. The van der Waals surface area contributed by atoms with Crippen LogP contribution in [0.4, 0.5) is 38.5 Å². The summed E-state index contributed by atoms with van der Waals surface area (Å²) in [7, 11) is 0. The Morgan fingerprint density at radius 2 is 1.02 bits per heavy atom. The van der Waals surface area contributed by atoms with Gasteiger partial charge >= 0.3 is 12.2 Å². The van der Waals surface area contributed by atoms with Crippen LogP contribution in [-0.2, 0) is 20.3 Å². The molecule has 4 fully saturated rings. The highest BCUT2D eigenvalue weighted by atomic mass is 79.9. The van der Waals surface area contributed by atoms with Crippen LogP contribution in [0.3, 0.4) is 0 Å². The second-order valence-electron chi connectivity index (χ2n) is 25.2. The third-order valence-electron chi connectivity index (χ3n) is 16.7. The largest absolute Gasteiger partial charge is 0.444 e. The van der Waals surface area contributed by atoms with E-state index in [9.17, 15) is 19.8 Å². The highest BCUT2D eigenvalue weighted by Gasteiger charge is 2.37. The molecule has 12 rings (SSSR count). The summed E-state index contributed by atoms with van der Waals surface area (Å²) in [6, 6.07) is 24.1. The lowest BCUT2D eigenvalue weighted by molar-refractivity contribution is 0.0174. The number of aliphatic hydroxyl groups excluding tert-OH is 2. The Labute approximate surface area is 533 Å². The average molecular weight is 1310 g/mol. The fraction of sp³-hybridized carbons (Fsp3) is 0.500. The molecule has 4 N–H and O–H groups in total. The van der Waals surface area contributed by atoms with Crippen molar-refractivity contribution in [2.75, 3.05) is 68.0 Å². The third-order valence-corrected chi connectivity index (χ3v) is 17.9. The first kappa shape index (κ1) is 65.5. The van der Waals surface area contributed by atoms with E-state index >= 15 is 0 Å². The number of ether oxygens (including phenoxy) is 2. The van der Waals surface area contributed by atoms with Crippen LogP contribution in [0.25, 0.3) is 11.3 Å². The number of nitrogens with one attached hydrogen (secondary N) is 2. The molecular weight excluding hydrogens is 1230 g/mol. The maximum atomic E-state index is 12.4. The van der Waals surface area contributed by atoms with Gasteiger partial charge in [-0.05, 0) is 168 Å². The summed E-state index contributed by atoms with van der Waals surface area (Å²) in [6.07, 6.45) is 21.6. The van der Waals surface area contributed by atoms with Crippen LogP contribution in [0.1, 0.15) is 143 Å². The van der Waals surface area contributed by atoms with E-state index in [1.165, 1.54) is 24.8 Å². The van der Waals surface area contributed by atoms with Crippen molar-refractivity contribution in [1.29, 1.82) is 0 Å². The molecule has 9 heterocycles. The second-order valence-corrected chi connectivity index (χ2v) is 26.9. The standard InChI is InChI=1S/C31H39ClN8O3.C19H24BrN7O2.C13H17ClO.CH4/c1-30(2,3)43-29(42)38-15-10-25(11-16-38)40-20-24(19-33-40)34-28-35-27-26(5-4-14-39(27)36-28)37-17-12-31(21-41,13-18-37)22-6-8-23(32)9-7-22;1-19(2,3)29-18(28)25-9-6-14(7-10-25)27-12-13(11-21-27)22-17-23-16-15(20)5-4-8-26(16)24-17;14-12-6-4-11(5-7-12)13(10-15)8-2-1-3-9-13;/h4-9,14,19-20,25,41H,10-13,15-18,21H2,1-3H3,(H,34,36);4-5,8,11-12,14H,6-7,9-10H2,1-3H3,(H,22,24);4-7,15H,1-3,8-10H2;1H4. The van der Waals surface area contributed by atoms with Crippen molar-refractivity contribution in [3.8, 4) is 0 Å². The van der Waals surface area contributed by atoms with Gasteiger partial charge in [0, 0.05) is 84.9 Å². The van der Waals surface area contributed by atoms with Crippen molar-refractivity contribution in [1.82, 2.24) is 58.6 Å². The summed E-state index contributed by atoms with van der Waals surface area (Å²) < 4.78 is 19.3. The van der Waals surface area contributed by atoms with Gasteiger partial charge in [0.25, 0.3) is 0 Å². The zero-order valence-electron chi connectivity index (χ0n) is 50.5. The molecule has 0 unspecified atom stereocenters. The predicted molar refractivity (Wildman–Crippen MR) is 349 cm³/mol. The first-order chi connectivity index (χ1) is 41.7. The molecule has 0 spiro atoms. The fourth-order valence-electron chi connectivity index (χ4n) is 11.9. The zero-order valence-corrected chi connectivity index (χ0v) is 53.6. The first-order valence-electron chi connectivity index (χ1n) is 30.1. The molecule has 88 heavy (non-hydrogen) atoms. The van der Waals surface area contributed by atoms with Crippen LogP contribution in [0.2, 0.25) is 10.0 Å². The summed E-state index contributed by atoms with van der Waals surface area (Å²) in [5.74, 6) is 1.01. The number of piperidine rings is 3. The van der Waals surface area contributed by atoms with Gasteiger partial charge < -0.3 is 45.0 Å². The minimum atomic E-state index is -0.499. The summed E-state index contributed by atoms with van der Waals surface area (Å²) in [5.41, 5.74) is 5.28. The van der Waals surface area contributed by atoms with Gasteiger partial charge in [-0.15, -0.1) is 10.2 Å². The quantitative estimate of drug-likeness (QED) is 0.0945. The lowest BCUT2D eigenvalue weighted by Gasteiger charge is -2.42. The van der Waals surface area contributed by atoms with E-state index in [0.29, 0.717) is 43.1 Å². The SMILES string of the molecule is C.CC(C)(C)OC(=O)N1CCC(n2cc(Nc3nc4c(Br)cccn4n3)cn2)CC1.CC(C)(C)OC(=O)N1CCC(n2cc(Nc3nc4c(N5CCC(CO)(c6ccc(Cl)cc6)CC5)cccn4n3)cn2)CC1.OCC1(c2ccc(Cl)cc2)CCCCC1. The van der Waals surface area contributed by atoms with Crippen molar-refractivity contribution in [3.63, 3.8) is 0 Å². The Hall–Kier alpha value is -6.98. The Morgan fingerprint density at radius 1 is 0.602 bits per heavy atom. The number of fused-ring (bicyclic) bond motifs is 2. The van der Waals surface area contributed by atoms with Crippen LogP contribution in [0.5, 0.6) is 0 Å². The van der Waals surface area contributed by atoms with Crippen LogP contribution in [0, 0.1) is 0 Å². The molecule has 0 radical (unpaired) electrons. The smallest absolute Gasteiger partial charge is 0.410 e. The van der Waals surface area contributed by atoms with E-state index in [4.69, 9.17) is 37.7 Å². The maximum absolute atomic E-state index is 12.4. The fourth-order valence-corrected chi connectivity index (χ4v) is 12.6. The molecule has 4 aliphatic rings. The Balaban J connectivity index is 0.000000176. The lowest BCUT2D eigenvalue weighted by atomic mass is 9.70. The number of aliphatic hydroxyl groups is 2. The van der Waals surface area contributed by atoms with Gasteiger partial charge in [0.05, 0.1) is 59.2 Å². The van der Waals surface area contributed by atoms with Gasteiger partial charge in [-0.25, -0.2) is 18.6 Å². The van der Waals surface area contributed by atoms with Gasteiger partial charge in [0.2, 0.25) is 11.9 Å². The molecule has 3 saturated heterocycles. The maximum Gasteiger partial charge on any atom is 0.410 e. The summed E-state index contributed by atoms with van der Waals surface area (Å²) in [5, 5.41) is 46.1. The van der Waals surface area contributed by atoms with Gasteiger partial charge in [-0.1, -0.05) is 74.2 Å². The van der Waals surface area contributed by atoms with Crippen molar-refractivity contribution >= 4 is 91.6 Å². The van der Waals surface area contributed by atoms with Gasteiger partial charge in [0.1, 0.15) is 11.2 Å². The number of halogens is 3. The minimum Gasteiger partial charge on any atom is -0.444 e. The number of nitrogens with zero attached hydrogens (tertiary/aromatic N) is 13. The molecule has 8 aromatic rings. The van der Waals surface area contributed by atoms with E-state index < -0.39 is 11.2 Å². The van der Waals surface area contributed by atoms with Gasteiger partial charge in [-0.2, -0.15) is 20.2 Å². The van der Waals surface area contributed by atoms with Crippen LogP contribution >= 0.6 is 39.1 Å². The molecule has 21 nitrogen and oxygen atoms in total. The summed E-state index contributed by atoms with van der Waals surface area (Å²) >= 11 is 15.5. The van der Waals surface area contributed by atoms with Crippen LogP contribution < -0.4 is 15.5 Å². The van der Waals surface area contributed by atoms with Gasteiger partial charge in [-0.3, -0.25) is 9.36 Å². The highest BCUT2D eigenvalue weighted by molar-refractivity contribution is 9.10. The third kappa shape index (κ3) is 16.1. The predicted octanol–water partition coefficient (Wildman–Crippen LogP) is 13.6. The number of hydrogen-bond acceptors (Lipinski definition) is 15. The Kier molecular flexibility index (Phi) is 21.0. The molecule has 0 bridgehead atoms. The normalized spacial score (nSPS) is 17.3. The number of likely N-dealkylation sites (tertiary alicyclic amines) is 2. The van der Waals surface area contributed by atoms with E-state index in [1.54, 1.807) is 31.2 Å². The van der Waals surface area contributed by atoms with Crippen molar-refractivity contribution < 1.29 is 29.3 Å². The van der Waals surface area contributed by atoms with Crippen molar-refractivity contribution in [2.24, 2.45) is 0 Å². The number of benzene rings is 2. The van der Waals surface area contributed by atoms with E-state index in [2.05, 4.69) is 75.0 Å². The summed E-state index contributed by atoms with van der Waals surface area (Å²) in [4.78, 5) is 39.8. The monoisotopic (exact) mass is 1310 g/mol. The molecule has 3 aliphatic heterocycles. The molecule has 6 aromatic heterocycles. The van der Waals surface area contributed by atoms with Gasteiger partial charge in [0.15, 0.2) is 11.3 Å². The molecular formula is C64H84BrCl2N15O6. The van der Waals surface area contributed by atoms with Crippen LogP contribution in [-0.4, -0.2) is 145 Å². The highest BCUT2D eigenvalue weighted by Crippen LogP contribution is 2.41. The number of rotatable bonds is 11. The summed E-state index contributed by atoms with van der Waals surface area (Å²) in [6.45, 7) is 15.8. The topological polar surface area (TPSA) is 223 Å². The Morgan fingerprint density at radius 3 is 1.45 bits per heavy atom. The van der Waals surface area contributed by atoms with E-state index in [-0.39, 0.29) is 55.7 Å². The lowest BCUT2D eigenvalue weighted by Crippen LogP contribution is -2.45. The number of aromatic nitrogens is 10. The van der Waals surface area contributed by atoms with Crippen LogP contribution in [0.15, 0.2) is 114 Å². The van der Waals surface area contributed by atoms with E-state index in [0.717, 1.165) is 108 Å². The number of carbonyl (C=O) groups excluding carboxylic acids is 2. The molecule has 472 valence electrons. The molecule has 24 heteroatoms. The number of amides is 2. The minimum absolute atomic E-state index is 0. The molecule has 2 aromatic carbocycles. The van der Waals surface area contributed by atoms with E-state index in [1.807, 2.05) is 130 Å². The number of hydrogen-bond donors (Lipinski definition) is 4. The number of pyridine rings is 2. The number of carbonyl (C=O) groups is 2. The zero-order chi connectivity index (χ0) is 61.5. The van der Waals surface area contributed by atoms with Crippen molar-refractivity contribution in [3.05, 3.63) is 136 Å². The molecule has 1 saturated carbocycles. The molecule has 1 aliphatic carbocycles. The first-order valence-corrected chi connectivity index (χ1v) is 31.7. The number of anilines is 5. The average Bonchev–Trinajstić information content (AvgIpc) is 1.87. The molecule has 2 amide bonds. The molecule has 0 atom stereocenters. The van der Waals surface area contributed by atoms with Crippen molar-refractivity contribution in [2.45, 2.75) is 154 Å². The Bertz CT molecular complexity index is 3570.